The molecule has 0 aliphatic rings. The molecule has 0 atom stereocenters. The quantitative estimate of drug-likeness (QED) is 0.456. The van der Waals surface area contributed by atoms with Crippen LogP contribution in [0.3, 0.4) is 0 Å². The second-order valence-corrected chi connectivity index (χ2v) is 1.21. The minimum atomic E-state index is -0.567. The van der Waals surface area contributed by atoms with Gasteiger partial charge in [0.15, 0.2) is 0 Å². The molecule has 0 saturated carbocycles. The summed E-state index contributed by atoms with van der Waals surface area (Å²) >= 11 is 0. The summed E-state index contributed by atoms with van der Waals surface area (Å²) in [5.41, 5.74) is 0. The summed E-state index contributed by atoms with van der Waals surface area (Å²) in [4.78, 5) is 13.3. The second kappa shape index (κ2) is 6.78. The van der Waals surface area contributed by atoms with Crippen LogP contribution >= 0.6 is 13.5 Å². The zero-order chi connectivity index (χ0) is 5.70. The van der Waals surface area contributed by atoms with Crippen LogP contribution < -0.4 is 0 Å². The van der Waals surface area contributed by atoms with Crippen LogP contribution in [0.25, 0.3) is 0 Å². The average Bonchev–Trinajstić information content (AvgIpc) is 1.68. The largest absolute Gasteiger partial charge is 0.342 e. The van der Waals surface area contributed by atoms with Crippen LogP contribution in [-0.4, -0.2) is 11.2 Å². The molecule has 0 bridgehead atoms. The van der Waals surface area contributed by atoms with Crippen LogP contribution in [0, 0.1) is 0 Å². The zero-order valence-electron chi connectivity index (χ0n) is 4.68. The Kier molecular flexibility index (Phi) is 9.07. The lowest BCUT2D eigenvalue weighted by Crippen LogP contribution is -1.97. The van der Waals surface area contributed by atoms with Gasteiger partial charge in [0.05, 0.1) is 0 Å². The van der Waals surface area contributed by atoms with E-state index in [2.05, 4.69) is 4.89 Å². The van der Waals surface area contributed by atoms with Crippen LogP contribution in [0.1, 0.15) is 19.8 Å². The lowest BCUT2D eigenvalue weighted by atomic mass is 10.3. The Morgan fingerprint density at radius 3 is 2.38 bits per heavy atom. The first-order valence-electron chi connectivity index (χ1n) is 2.15. The number of rotatable bonds is 2. The van der Waals surface area contributed by atoms with E-state index in [-0.39, 0.29) is 19.9 Å². The molecule has 0 fully saturated rings. The maximum atomic E-state index is 9.94. The number of carbonyl (C=O) groups excluding carboxylic acids is 1. The molecule has 0 rings (SSSR count). The highest BCUT2D eigenvalue weighted by molar-refractivity contribution is 7.59. The molecule has 1 N–H and O–H groups in total. The molecule has 8 heavy (non-hydrogen) atoms. The van der Waals surface area contributed by atoms with E-state index < -0.39 is 5.97 Å². The van der Waals surface area contributed by atoms with Crippen LogP contribution in [0.5, 0.6) is 0 Å². The summed E-state index contributed by atoms with van der Waals surface area (Å²) in [6.07, 6.45) is 0.996. The topological polar surface area (TPSA) is 46.5 Å². The fraction of sp³-hybridized carbons (Fsp3) is 0.750. The molecule has 50 valence electrons. The third-order valence-electron chi connectivity index (χ3n) is 0.556. The Morgan fingerprint density at radius 1 is 1.75 bits per heavy atom. The summed E-state index contributed by atoms with van der Waals surface area (Å²) in [6, 6.07) is 0. The van der Waals surface area contributed by atoms with Crippen molar-refractivity contribution in [3.63, 3.8) is 0 Å². The molecule has 0 aliphatic heterocycles. The van der Waals surface area contributed by atoms with E-state index >= 15 is 0 Å². The summed E-state index contributed by atoms with van der Waals surface area (Å²) in [6.45, 7) is 1.83. The fourth-order valence-electron chi connectivity index (χ4n) is 0.250. The third kappa shape index (κ3) is 5.78. The van der Waals surface area contributed by atoms with E-state index in [4.69, 9.17) is 5.26 Å². The lowest BCUT2D eigenvalue weighted by molar-refractivity contribution is -0.234. The highest BCUT2D eigenvalue weighted by Crippen LogP contribution is 1.86. The predicted molar refractivity (Wildman–Crippen MR) is 34.0 cm³/mol. The Morgan fingerprint density at radius 2 is 2.25 bits per heavy atom. The summed E-state index contributed by atoms with van der Waals surface area (Å²) in [5, 5.41) is 7.62. The van der Waals surface area contributed by atoms with Gasteiger partial charge in [-0.15, -0.1) is 0 Å². The molecular weight excluding hydrogens is 128 g/mol. The van der Waals surface area contributed by atoms with Crippen molar-refractivity contribution in [1.82, 2.24) is 0 Å². The minimum absolute atomic E-state index is 0. The highest BCUT2D eigenvalue weighted by Gasteiger charge is 1.95. The van der Waals surface area contributed by atoms with Gasteiger partial charge in [0.2, 0.25) is 0 Å². The van der Waals surface area contributed by atoms with Crippen molar-refractivity contribution in [1.29, 1.82) is 0 Å². The predicted octanol–water partition coefficient (Wildman–Crippen LogP) is 0.915. The monoisotopic (exact) mass is 138 g/mol. The Balaban J connectivity index is 0. The van der Waals surface area contributed by atoms with Crippen LogP contribution in [0.4, 0.5) is 0 Å². The maximum Gasteiger partial charge on any atom is 0.342 e. The van der Waals surface area contributed by atoms with Gasteiger partial charge in [-0.05, 0) is 6.42 Å². The SMILES string of the molecule is CCCC(=O)OO.S. The molecule has 0 aromatic heterocycles. The van der Waals surface area contributed by atoms with Crippen molar-refractivity contribution < 1.29 is 14.9 Å². The number of hydrogen-bond donors (Lipinski definition) is 1. The molecule has 0 aromatic rings. The van der Waals surface area contributed by atoms with Gasteiger partial charge in [0.1, 0.15) is 0 Å². The average molecular weight is 138 g/mol. The van der Waals surface area contributed by atoms with Gasteiger partial charge >= 0.3 is 5.97 Å². The summed E-state index contributed by atoms with van der Waals surface area (Å²) < 4.78 is 0. The number of hydrogen-bond acceptors (Lipinski definition) is 3. The first-order chi connectivity index (χ1) is 3.31. The van der Waals surface area contributed by atoms with Crippen molar-refractivity contribution in [3.05, 3.63) is 0 Å². The lowest BCUT2D eigenvalue weighted by Gasteiger charge is -1.87. The van der Waals surface area contributed by atoms with Crippen LogP contribution in [0.15, 0.2) is 0 Å². The van der Waals surface area contributed by atoms with Crippen molar-refractivity contribution in [3.8, 4) is 0 Å². The Bertz CT molecular complexity index is 64.3. The normalized spacial score (nSPS) is 7.25. The summed E-state index contributed by atoms with van der Waals surface area (Å²) in [5.74, 6) is -0.567. The standard InChI is InChI=1S/C4H8O3.H2S/c1-2-3-4(5)7-6;/h6H,2-3H2,1H3;1H2. The van der Waals surface area contributed by atoms with E-state index in [0.29, 0.717) is 6.42 Å². The van der Waals surface area contributed by atoms with E-state index in [1.807, 2.05) is 6.92 Å². The molecule has 0 saturated heterocycles. The molecule has 0 radical (unpaired) electrons. The molecule has 0 unspecified atom stereocenters. The highest BCUT2D eigenvalue weighted by atomic mass is 32.1. The zero-order valence-corrected chi connectivity index (χ0v) is 5.68. The second-order valence-electron chi connectivity index (χ2n) is 1.21. The maximum absolute atomic E-state index is 9.94. The third-order valence-corrected chi connectivity index (χ3v) is 0.556. The van der Waals surface area contributed by atoms with Crippen LogP contribution in [-0.2, 0) is 9.68 Å². The molecule has 0 spiro atoms. The van der Waals surface area contributed by atoms with E-state index in [1.165, 1.54) is 0 Å². The molecule has 0 aliphatic carbocycles. The minimum Gasteiger partial charge on any atom is -0.301 e. The van der Waals surface area contributed by atoms with E-state index in [1.54, 1.807) is 0 Å². The number of carbonyl (C=O) groups is 1. The first-order valence-corrected chi connectivity index (χ1v) is 2.15. The Hall–Kier alpha value is -0.220. The van der Waals surface area contributed by atoms with Crippen molar-refractivity contribution in [2.24, 2.45) is 0 Å². The van der Waals surface area contributed by atoms with Crippen molar-refractivity contribution in [2.45, 2.75) is 19.8 Å². The van der Waals surface area contributed by atoms with E-state index in [0.717, 1.165) is 0 Å². The van der Waals surface area contributed by atoms with Gasteiger partial charge in [-0.1, -0.05) is 6.92 Å². The first kappa shape index (κ1) is 10.7. The van der Waals surface area contributed by atoms with Gasteiger partial charge in [0.25, 0.3) is 0 Å². The fourth-order valence-corrected chi connectivity index (χ4v) is 0.250. The van der Waals surface area contributed by atoms with Gasteiger partial charge in [0, 0.05) is 6.42 Å². The Labute approximate surface area is 55.0 Å². The van der Waals surface area contributed by atoms with Crippen molar-refractivity contribution >= 4 is 19.5 Å². The molecule has 0 aromatic carbocycles. The van der Waals surface area contributed by atoms with Gasteiger partial charge < -0.3 is 4.89 Å². The molecule has 0 heterocycles. The smallest absolute Gasteiger partial charge is 0.301 e. The van der Waals surface area contributed by atoms with E-state index in [9.17, 15) is 4.79 Å². The van der Waals surface area contributed by atoms with Gasteiger partial charge in [-0.3, -0.25) is 0 Å². The van der Waals surface area contributed by atoms with Crippen LogP contribution in [0.2, 0.25) is 0 Å². The molecule has 3 nitrogen and oxygen atoms in total. The van der Waals surface area contributed by atoms with Crippen molar-refractivity contribution in [2.75, 3.05) is 0 Å². The van der Waals surface area contributed by atoms with Gasteiger partial charge in [-0.2, -0.15) is 18.8 Å². The summed E-state index contributed by atoms with van der Waals surface area (Å²) in [7, 11) is 0. The molecule has 0 amide bonds. The molecule has 4 heteroatoms. The molecular formula is C4H10O3S. The van der Waals surface area contributed by atoms with Gasteiger partial charge in [-0.25, -0.2) is 4.79 Å².